The number of likely N-dealkylation sites (tertiary alicyclic amines) is 1. The van der Waals surface area contributed by atoms with Crippen molar-refractivity contribution in [1.82, 2.24) is 9.80 Å². The first-order valence-corrected chi connectivity index (χ1v) is 5.67. The van der Waals surface area contributed by atoms with E-state index in [-0.39, 0.29) is 17.7 Å². The summed E-state index contributed by atoms with van der Waals surface area (Å²) < 4.78 is 0. The number of nitrogens with zero attached hydrogens (tertiary/aromatic N) is 3. The number of primary amides is 1. The normalized spacial score (nSPS) is 19.9. The van der Waals surface area contributed by atoms with Crippen LogP contribution < -0.4 is 5.73 Å². The number of rotatable bonds is 5. The van der Waals surface area contributed by atoms with E-state index in [1.807, 2.05) is 11.0 Å². The molecule has 1 unspecified atom stereocenters. The van der Waals surface area contributed by atoms with E-state index in [0.717, 1.165) is 13.0 Å². The number of hydrogen-bond acceptors (Lipinski definition) is 4. The van der Waals surface area contributed by atoms with Gasteiger partial charge in [0.2, 0.25) is 11.8 Å². The van der Waals surface area contributed by atoms with Gasteiger partial charge in [-0.15, -0.1) is 0 Å². The molecule has 1 fully saturated rings. The van der Waals surface area contributed by atoms with Crippen LogP contribution in [0.4, 0.5) is 0 Å². The van der Waals surface area contributed by atoms with Crippen molar-refractivity contribution < 1.29 is 9.59 Å². The first-order chi connectivity index (χ1) is 8.04. The van der Waals surface area contributed by atoms with Gasteiger partial charge in [0.15, 0.2) is 0 Å². The van der Waals surface area contributed by atoms with Crippen LogP contribution in [0.3, 0.4) is 0 Å². The molecule has 0 aromatic heterocycles. The molecule has 17 heavy (non-hydrogen) atoms. The van der Waals surface area contributed by atoms with Crippen LogP contribution >= 0.6 is 0 Å². The Morgan fingerprint density at radius 3 is 2.82 bits per heavy atom. The molecule has 0 saturated carbocycles. The summed E-state index contributed by atoms with van der Waals surface area (Å²) in [5.74, 6) is -0.449. The molecular formula is C11H18N4O2. The summed E-state index contributed by atoms with van der Waals surface area (Å²) >= 11 is 0. The van der Waals surface area contributed by atoms with Gasteiger partial charge in [0, 0.05) is 20.1 Å². The van der Waals surface area contributed by atoms with Crippen LogP contribution in [-0.4, -0.2) is 54.8 Å². The third-order valence-corrected chi connectivity index (χ3v) is 3.02. The molecule has 2 amide bonds. The van der Waals surface area contributed by atoms with E-state index < -0.39 is 0 Å². The van der Waals surface area contributed by atoms with E-state index in [1.54, 1.807) is 11.9 Å². The van der Waals surface area contributed by atoms with Crippen molar-refractivity contribution in [1.29, 1.82) is 5.26 Å². The quantitative estimate of drug-likeness (QED) is 0.676. The lowest BCUT2D eigenvalue weighted by molar-refractivity contribution is -0.131. The van der Waals surface area contributed by atoms with Crippen molar-refractivity contribution in [2.45, 2.75) is 12.8 Å². The lowest BCUT2D eigenvalue weighted by Crippen LogP contribution is -2.38. The number of carbonyl (C=O) groups excluding carboxylic acids is 2. The summed E-state index contributed by atoms with van der Waals surface area (Å²) in [6.07, 6.45) is 1.07. The Hall–Kier alpha value is -1.61. The standard InChI is InChI=1S/C11H18N4O2/c1-14(5-2-4-12)10(16)8-15-6-3-9(7-15)11(13)17/h9H,2-3,5-8H2,1H3,(H2,13,17). The summed E-state index contributed by atoms with van der Waals surface area (Å²) in [5.41, 5.74) is 5.22. The van der Waals surface area contributed by atoms with Crippen LogP contribution in [0, 0.1) is 17.2 Å². The van der Waals surface area contributed by atoms with E-state index in [9.17, 15) is 9.59 Å². The van der Waals surface area contributed by atoms with Gasteiger partial charge in [0.1, 0.15) is 0 Å². The molecule has 6 heteroatoms. The van der Waals surface area contributed by atoms with Crippen LogP contribution in [0.15, 0.2) is 0 Å². The fraction of sp³-hybridized carbons (Fsp3) is 0.727. The third kappa shape index (κ3) is 4.04. The molecule has 0 aliphatic carbocycles. The molecular weight excluding hydrogens is 220 g/mol. The molecule has 1 aliphatic rings. The van der Waals surface area contributed by atoms with Crippen LogP contribution in [-0.2, 0) is 9.59 Å². The lowest BCUT2D eigenvalue weighted by Gasteiger charge is -2.20. The predicted octanol–water partition coefficient (Wildman–Crippen LogP) is -0.834. The molecule has 0 aromatic carbocycles. The molecule has 1 rings (SSSR count). The zero-order valence-electron chi connectivity index (χ0n) is 10.1. The van der Waals surface area contributed by atoms with Crippen LogP contribution in [0.1, 0.15) is 12.8 Å². The van der Waals surface area contributed by atoms with Crippen molar-refractivity contribution in [2.75, 3.05) is 33.2 Å². The summed E-state index contributed by atoms with van der Waals surface area (Å²) in [5, 5.41) is 8.43. The highest BCUT2D eigenvalue weighted by molar-refractivity contribution is 5.79. The Morgan fingerprint density at radius 1 is 1.59 bits per heavy atom. The Balaban J connectivity index is 2.33. The van der Waals surface area contributed by atoms with Gasteiger partial charge in [-0.1, -0.05) is 0 Å². The number of nitriles is 1. The highest BCUT2D eigenvalue weighted by Crippen LogP contribution is 2.15. The molecule has 1 heterocycles. The molecule has 6 nitrogen and oxygen atoms in total. The van der Waals surface area contributed by atoms with Crippen LogP contribution in [0.5, 0.6) is 0 Å². The fourth-order valence-corrected chi connectivity index (χ4v) is 1.86. The van der Waals surface area contributed by atoms with Crippen molar-refractivity contribution in [3.05, 3.63) is 0 Å². The molecule has 2 N–H and O–H groups in total. The third-order valence-electron chi connectivity index (χ3n) is 3.02. The Labute approximate surface area is 101 Å². The van der Waals surface area contributed by atoms with Gasteiger partial charge in [0.05, 0.1) is 25.0 Å². The Morgan fingerprint density at radius 2 is 2.29 bits per heavy atom. The van der Waals surface area contributed by atoms with Crippen molar-refractivity contribution >= 4 is 11.8 Å². The molecule has 1 atom stereocenters. The maximum absolute atomic E-state index is 11.7. The Kier molecular flexibility index (Phi) is 4.91. The molecule has 1 saturated heterocycles. The molecule has 0 bridgehead atoms. The minimum Gasteiger partial charge on any atom is -0.369 e. The largest absolute Gasteiger partial charge is 0.369 e. The number of likely N-dealkylation sites (N-methyl/N-ethyl adjacent to an activating group) is 1. The highest BCUT2D eigenvalue weighted by Gasteiger charge is 2.28. The van der Waals surface area contributed by atoms with Gasteiger partial charge in [-0.05, 0) is 13.0 Å². The molecule has 94 valence electrons. The van der Waals surface area contributed by atoms with Gasteiger partial charge in [0.25, 0.3) is 0 Å². The van der Waals surface area contributed by atoms with Crippen molar-refractivity contribution in [3.8, 4) is 6.07 Å². The summed E-state index contributed by atoms with van der Waals surface area (Å²) in [6, 6.07) is 2.00. The van der Waals surface area contributed by atoms with Crippen molar-refractivity contribution in [2.24, 2.45) is 11.7 Å². The number of carbonyl (C=O) groups is 2. The average Bonchev–Trinajstić information content (AvgIpc) is 2.74. The van der Waals surface area contributed by atoms with Crippen LogP contribution in [0.25, 0.3) is 0 Å². The SMILES string of the molecule is CN(CCC#N)C(=O)CN1CCC(C(N)=O)C1. The first kappa shape index (κ1) is 13.5. The second kappa shape index (κ2) is 6.21. The number of amides is 2. The van der Waals surface area contributed by atoms with E-state index in [0.29, 0.717) is 26.1 Å². The van der Waals surface area contributed by atoms with Gasteiger partial charge in [-0.2, -0.15) is 5.26 Å². The fourth-order valence-electron chi connectivity index (χ4n) is 1.86. The number of nitrogens with two attached hydrogens (primary N) is 1. The molecule has 0 radical (unpaired) electrons. The zero-order valence-corrected chi connectivity index (χ0v) is 10.1. The van der Waals surface area contributed by atoms with Crippen molar-refractivity contribution in [3.63, 3.8) is 0 Å². The van der Waals surface area contributed by atoms with Gasteiger partial charge in [-0.3, -0.25) is 14.5 Å². The first-order valence-electron chi connectivity index (χ1n) is 5.67. The topological polar surface area (TPSA) is 90.4 Å². The smallest absolute Gasteiger partial charge is 0.236 e. The molecule has 1 aliphatic heterocycles. The van der Waals surface area contributed by atoms with Gasteiger partial charge >= 0.3 is 0 Å². The minimum absolute atomic E-state index is 0.0228. The molecule has 0 spiro atoms. The Bertz CT molecular complexity index is 337. The minimum atomic E-state index is -0.294. The molecule has 0 aromatic rings. The summed E-state index contributed by atoms with van der Waals surface area (Å²) in [7, 11) is 1.68. The highest BCUT2D eigenvalue weighted by atomic mass is 16.2. The van der Waals surface area contributed by atoms with E-state index >= 15 is 0 Å². The van der Waals surface area contributed by atoms with Gasteiger partial charge < -0.3 is 10.6 Å². The van der Waals surface area contributed by atoms with E-state index in [1.165, 1.54) is 0 Å². The summed E-state index contributed by atoms with van der Waals surface area (Å²) in [4.78, 5) is 26.2. The number of hydrogen-bond donors (Lipinski definition) is 1. The average molecular weight is 238 g/mol. The maximum Gasteiger partial charge on any atom is 0.236 e. The zero-order chi connectivity index (χ0) is 12.8. The van der Waals surface area contributed by atoms with E-state index in [4.69, 9.17) is 11.0 Å². The maximum atomic E-state index is 11.7. The lowest BCUT2D eigenvalue weighted by atomic mass is 10.1. The monoisotopic (exact) mass is 238 g/mol. The van der Waals surface area contributed by atoms with Gasteiger partial charge in [-0.25, -0.2) is 0 Å². The second-order valence-corrected chi connectivity index (χ2v) is 4.35. The predicted molar refractivity (Wildman–Crippen MR) is 61.6 cm³/mol. The second-order valence-electron chi connectivity index (χ2n) is 4.35. The van der Waals surface area contributed by atoms with E-state index in [2.05, 4.69) is 0 Å². The summed E-state index contributed by atoms with van der Waals surface area (Å²) in [6.45, 7) is 2.03. The van der Waals surface area contributed by atoms with Crippen LogP contribution in [0.2, 0.25) is 0 Å².